The maximum Gasteiger partial charge on any atom is 0.276 e. The minimum atomic E-state index is -0.449. The maximum atomic E-state index is 10.9. The third-order valence-corrected chi connectivity index (χ3v) is 3.60. The highest BCUT2D eigenvalue weighted by Crippen LogP contribution is 2.26. The summed E-state index contributed by atoms with van der Waals surface area (Å²) in [6.07, 6.45) is 2.88. The van der Waals surface area contributed by atoms with Crippen LogP contribution in [0, 0.1) is 10.1 Å². The molecule has 1 aliphatic carbocycles. The summed E-state index contributed by atoms with van der Waals surface area (Å²) in [5.41, 5.74) is 0.517. The van der Waals surface area contributed by atoms with Gasteiger partial charge in [-0.15, -0.1) is 0 Å². The molecule has 0 saturated heterocycles. The lowest BCUT2D eigenvalue weighted by atomic mass is 9.95. The van der Waals surface area contributed by atoms with Crippen LogP contribution in [0.15, 0.2) is 18.2 Å². The van der Waals surface area contributed by atoms with E-state index >= 15 is 0 Å². The largest absolute Gasteiger partial charge is 0.393 e. The van der Waals surface area contributed by atoms with Crippen LogP contribution < -0.4 is 0 Å². The quantitative estimate of drug-likeness (QED) is 0.681. The van der Waals surface area contributed by atoms with Gasteiger partial charge in [0.1, 0.15) is 0 Å². The first-order chi connectivity index (χ1) is 9.06. The molecule has 19 heavy (non-hydrogen) atoms. The van der Waals surface area contributed by atoms with Crippen molar-refractivity contribution in [2.45, 2.75) is 44.5 Å². The fourth-order valence-electron chi connectivity index (χ4n) is 2.25. The monoisotopic (exact) mass is 285 g/mol. The van der Waals surface area contributed by atoms with E-state index in [-0.39, 0.29) is 24.5 Å². The molecule has 6 heteroatoms. The summed E-state index contributed by atoms with van der Waals surface area (Å²) in [6, 6.07) is 4.58. The highest BCUT2D eigenvalue weighted by atomic mass is 35.5. The lowest BCUT2D eigenvalue weighted by Crippen LogP contribution is -2.24. The van der Waals surface area contributed by atoms with Crippen LogP contribution in [0.2, 0.25) is 5.02 Å². The average Bonchev–Trinajstić information content (AvgIpc) is 2.39. The summed E-state index contributed by atoms with van der Waals surface area (Å²) in [7, 11) is 0. The van der Waals surface area contributed by atoms with E-state index in [1.165, 1.54) is 6.07 Å². The third-order valence-electron chi connectivity index (χ3n) is 3.36. The Bertz CT molecular complexity index is 458. The zero-order valence-electron chi connectivity index (χ0n) is 10.4. The molecule has 104 valence electrons. The van der Waals surface area contributed by atoms with Crippen molar-refractivity contribution < 1.29 is 14.8 Å². The number of halogens is 1. The first-order valence-corrected chi connectivity index (χ1v) is 6.66. The Hall–Kier alpha value is -1.17. The van der Waals surface area contributed by atoms with Gasteiger partial charge in [0.05, 0.1) is 29.3 Å². The van der Waals surface area contributed by atoms with Crippen LogP contribution >= 0.6 is 11.6 Å². The van der Waals surface area contributed by atoms with Gasteiger partial charge in [0.2, 0.25) is 0 Å². The van der Waals surface area contributed by atoms with Crippen molar-refractivity contribution in [3.05, 3.63) is 38.9 Å². The fourth-order valence-corrected chi connectivity index (χ4v) is 2.41. The Kier molecular flexibility index (Phi) is 4.74. The van der Waals surface area contributed by atoms with Crippen molar-refractivity contribution in [3.63, 3.8) is 0 Å². The van der Waals surface area contributed by atoms with E-state index < -0.39 is 4.92 Å². The van der Waals surface area contributed by atoms with Crippen molar-refractivity contribution >= 4 is 17.3 Å². The molecule has 5 nitrogen and oxygen atoms in total. The van der Waals surface area contributed by atoms with Crippen LogP contribution in [0.25, 0.3) is 0 Å². The standard InChI is InChI=1S/C13H16ClNO4/c14-10-2-1-9(13(7-10)15(17)18)8-19-12-5-3-11(16)4-6-12/h1-2,7,11-12,16H,3-6,8H2. The van der Waals surface area contributed by atoms with Gasteiger partial charge >= 0.3 is 0 Å². The Morgan fingerprint density at radius 2 is 2.05 bits per heavy atom. The molecule has 1 fully saturated rings. The van der Waals surface area contributed by atoms with Gasteiger partial charge in [-0.1, -0.05) is 11.6 Å². The molecule has 1 aromatic rings. The number of ether oxygens (including phenoxy) is 1. The van der Waals surface area contributed by atoms with E-state index in [9.17, 15) is 15.2 Å². The van der Waals surface area contributed by atoms with E-state index in [1.807, 2.05) is 0 Å². The van der Waals surface area contributed by atoms with Gasteiger partial charge in [-0.05, 0) is 37.8 Å². The van der Waals surface area contributed by atoms with Gasteiger partial charge in [-0.25, -0.2) is 0 Å². The number of aliphatic hydroxyl groups excluding tert-OH is 1. The molecule has 0 atom stereocenters. The molecule has 0 aromatic heterocycles. The average molecular weight is 286 g/mol. The van der Waals surface area contributed by atoms with Crippen LogP contribution in [0.3, 0.4) is 0 Å². The first-order valence-electron chi connectivity index (χ1n) is 6.28. The van der Waals surface area contributed by atoms with Crippen molar-refractivity contribution in [3.8, 4) is 0 Å². The predicted molar refractivity (Wildman–Crippen MR) is 71.2 cm³/mol. The summed E-state index contributed by atoms with van der Waals surface area (Å²) < 4.78 is 5.69. The molecule has 2 rings (SSSR count). The van der Waals surface area contributed by atoms with Crippen LogP contribution in [0.5, 0.6) is 0 Å². The Labute approximate surface area is 116 Å². The second-order valence-corrected chi connectivity index (χ2v) is 5.21. The molecule has 1 aromatic carbocycles. The van der Waals surface area contributed by atoms with Crippen LogP contribution in [0.1, 0.15) is 31.2 Å². The fraction of sp³-hybridized carbons (Fsp3) is 0.538. The number of aliphatic hydroxyl groups is 1. The minimum absolute atomic E-state index is 0.0108. The lowest BCUT2D eigenvalue weighted by Gasteiger charge is -2.25. The molecular formula is C13H16ClNO4. The van der Waals surface area contributed by atoms with Gasteiger partial charge in [0.15, 0.2) is 0 Å². The summed E-state index contributed by atoms with van der Waals surface area (Å²) in [5, 5.41) is 20.7. The van der Waals surface area contributed by atoms with Crippen molar-refractivity contribution in [1.82, 2.24) is 0 Å². The Morgan fingerprint density at radius 3 is 2.68 bits per heavy atom. The minimum Gasteiger partial charge on any atom is -0.393 e. The van der Waals surface area contributed by atoms with E-state index in [4.69, 9.17) is 16.3 Å². The lowest BCUT2D eigenvalue weighted by molar-refractivity contribution is -0.386. The Balaban J connectivity index is 1.97. The molecule has 1 N–H and O–H groups in total. The van der Waals surface area contributed by atoms with E-state index in [0.29, 0.717) is 10.6 Å². The van der Waals surface area contributed by atoms with Gasteiger partial charge in [0, 0.05) is 11.1 Å². The van der Waals surface area contributed by atoms with Gasteiger partial charge in [-0.2, -0.15) is 0 Å². The second-order valence-electron chi connectivity index (χ2n) is 4.77. The number of hydrogen-bond acceptors (Lipinski definition) is 4. The van der Waals surface area contributed by atoms with Crippen molar-refractivity contribution in [2.24, 2.45) is 0 Å². The number of nitro groups is 1. The number of nitrogens with zero attached hydrogens (tertiary/aromatic N) is 1. The molecule has 0 bridgehead atoms. The molecular weight excluding hydrogens is 270 g/mol. The molecule has 0 amide bonds. The van der Waals surface area contributed by atoms with E-state index in [2.05, 4.69) is 0 Å². The predicted octanol–water partition coefficient (Wildman–Crippen LogP) is 3.07. The van der Waals surface area contributed by atoms with Crippen molar-refractivity contribution in [2.75, 3.05) is 0 Å². The molecule has 1 saturated carbocycles. The molecule has 0 radical (unpaired) electrons. The number of rotatable bonds is 4. The second kappa shape index (κ2) is 6.32. The van der Waals surface area contributed by atoms with Gasteiger partial charge in [0.25, 0.3) is 5.69 Å². The van der Waals surface area contributed by atoms with Crippen LogP contribution in [-0.2, 0) is 11.3 Å². The Morgan fingerprint density at radius 1 is 1.37 bits per heavy atom. The SMILES string of the molecule is O=[N+]([O-])c1cc(Cl)ccc1COC1CCC(O)CC1. The zero-order chi connectivity index (χ0) is 13.8. The number of nitro benzene ring substituents is 1. The molecule has 1 aliphatic rings. The molecule has 0 heterocycles. The van der Waals surface area contributed by atoms with Crippen LogP contribution in [-0.4, -0.2) is 22.2 Å². The normalized spacial score (nSPS) is 23.3. The highest BCUT2D eigenvalue weighted by Gasteiger charge is 2.21. The van der Waals surface area contributed by atoms with Gasteiger partial charge in [-0.3, -0.25) is 10.1 Å². The third kappa shape index (κ3) is 3.89. The first kappa shape index (κ1) is 14.2. The van der Waals surface area contributed by atoms with Crippen molar-refractivity contribution in [1.29, 1.82) is 0 Å². The molecule has 0 aliphatic heterocycles. The smallest absolute Gasteiger partial charge is 0.276 e. The molecule has 0 unspecified atom stereocenters. The topological polar surface area (TPSA) is 72.6 Å². The molecule has 0 spiro atoms. The summed E-state index contributed by atoms with van der Waals surface area (Å²) in [4.78, 5) is 10.5. The zero-order valence-corrected chi connectivity index (χ0v) is 11.2. The highest BCUT2D eigenvalue weighted by molar-refractivity contribution is 6.30. The van der Waals surface area contributed by atoms with Crippen LogP contribution in [0.4, 0.5) is 5.69 Å². The summed E-state index contributed by atoms with van der Waals surface area (Å²) in [6.45, 7) is 0.203. The van der Waals surface area contributed by atoms with E-state index in [1.54, 1.807) is 12.1 Å². The van der Waals surface area contributed by atoms with E-state index in [0.717, 1.165) is 25.7 Å². The maximum absolute atomic E-state index is 10.9. The number of hydrogen-bond donors (Lipinski definition) is 1. The summed E-state index contributed by atoms with van der Waals surface area (Å²) in [5.74, 6) is 0. The van der Waals surface area contributed by atoms with Gasteiger partial charge < -0.3 is 9.84 Å². The number of benzene rings is 1. The summed E-state index contributed by atoms with van der Waals surface area (Å²) >= 11 is 5.75.